The van der Waals surface area contributed by atoms with Crippen molar-refractivity contribution in [2.45, 2.75) is 44.1 Å². The first kappa shape index (κ1) is 21.0. The Labute approximate surface area is 156 Å². The van der Waals surface area contributed by atoms with Crippen LogP contribution in [-0.4, -0.2) is 54.1 Å². The molecule has 1 aromatic carbocycles. The van der Waals surface area contributed by atoms with Crippen LogP contribution >= 0.6 is 0 Å². The molecule has 1 aliphatic rings. The van der Waals surface area contributed by atoms with Crippen LogP contribution in [0, 0.1) is 0 Å². The minimum absolute atomic E-state index is 0.157. The lowest BCUT2D eigenvalue weighted by Crippen LogP contribution is -2.26. The van der Waals surface area contributed by atoms with E-state index in [-0.39, 0.29) is 11.0 Å². The van der Waals surface area contributed by atoms with Gasteiger partial charge >= 0.3 is 0 Å². The molecule has 1 aliphatic heterocycles. The molecule has 26 heavy (non-hydrogen) atoms. The van der Waals surface area contributed by atoms with Crippen LogP contribution < -0.4 is 14.2 Å². The summed E-state index contributed by atoms with van der Waals surface area (Å²) in [4.78, 5) is 0.157. The fourth-order valence-corrected chi connectivity index (χ4v) is 3.74. The molecule has 148 valence electrons. The Hall–Kier alpha value is -1.35. The van der Waals surface area contributed by atoms with Gasteiger partial charge in [-0.05, 0) is 45.2 Å². The maximum absolute atomic E-state index is 12.4. The Morgan fingerprint density at radius 1 is 1.19 bits per heavy atom. The maximum Gasteiger partial charge on any atom is 0.240 e. The quantitative estimate of drug-likeness (QED) is 0.554. The zero-order chi connectivity index (χ0) is 18.8. The second-order valence-corrected chi connectivity index (χ2v) is 7.70. The third kappa shape index (κ3) is 6.42. The van der Waals surface area contributed by atoms with Crippen molar-refractivity contribution in [1.29, 1.82) is 0 Å². The summed E-state index contributed by atoms with van der Waals surface area (Å²) in [5.74, 6) is 0.966. The first-order valence-electron chi connectivity index (χ1n) is 9.15. The van der Waals surface area contributed by atoms with Crippen LogP contribution in [0.2, 0.25) is 0 Å². The van der Waals surface area contributed by atoms with Crippen LogP contribution in [0.25, 0.3) is 0 Å². The van der Waals surface area contributed by atoms with Crippen molar-refractivity contribution < 1.29 is 27.4 Å². The van der Waals surface area contributed by atoms with E-state index in [1.165, 1.54) is 12.1 Å². The van der Waals surface area contributed by atoms with Crippen molar-refractivity contribution >= 4 is 10.0 Å². The minimum Gasteiger partial charge on any atom is -0.490 e. The molecule has 1 N–H and O–H groups in total. The normalized spacial score (nSPS) is 17.4. The lowest BCUT2D eigenvalue weighted by molar-refractivity contribution is 0.0169. The van der Waals surface area contributed by atoms with E-state index in [0.717, 1.165) is 19.4 Å². The van der Waals surface area contributed by atoms with E-state index in [1.807, 2.05) is 13.8 Å². The van der Waals surface area contributed by atoms with Gasteiger partial charge in [0.15, 0.2) is 11.5 Å². The highest BCUT2D eigenvalue weighted by Crippen LogP contribution is 2.30. The van der Waals surface area contributed by atoms with Gasteiger partial charge in [-0.3, -0.25) is 0 Å². The van der Waals surface area contributed by atoms with Crippen LogP contribution in [0.15, 0.2) is 23.1 Å². The number of sulfonamides is 1. The van der Waals surface area contributed by atoms with E-state index < -0.39 is 10.0 Å². The zero-order valence-corrected chi connectivity index (χ0v) is 16.3. The summed E-state index contributed by atoms with van der Waals surface area (Å²) < 4.78 is 49.4. The van der Waals surface area contributed by atoms with Crippen molar-refractivity contribution in [3.8, 4) is 11.5 Å². The molecule has 0 amide bonds. The second kappa shape index (κ2) is 10.7. The second-order valence-electron chi connectivity index (χ2n) is 5.94. The van der Waals surface area contributed by atoms with E-state index in [4.69, 9.17) is 18.9 Å². The average Bonchev–Trinajstić information content (AvgIpc) is 3.13. The van der Waals surface area contributed by atoms with Crippen molar-refractivity contribution in [2.75, 3.05) is 39.6 Å². The minimum atomic E-state index is -3.60. The number of nitrogens with one attached hydrogen (secondary N) is 1. The highest BCUT2D eigenvalue weighted by atomic mass is 32.2. The molecule has 1 atom stereocenters. The fourth-order valence-electron chi connectivity index (χ4n) is 2.65. The van der Waals surface area contributed by atoms with Crippen LogP contribution in [0.5, 0.6) is 11.5 Å². The summed E-state index contributed by atoms with van der Waals surface area (Å²) in [6, 6.07) is 4.63. The SMILES string of the molecule is CCOc1ccc(S(=O)(=O)NCCCOCC2CCCO2)cc1OCC. The monoisotopic (exact) mass is 387 g/mol. The molecular formula is C18H29NO6S. The number of benzene rings is 1. The number of hydrogen-bond acceptors (Lipinski definition) is 6. The fraction of sp³-hybridized carbons (Fsp3) is 0.667. The van der Waals surface area contributed by atoms with Gasteiger partial charge in [0.05, 0.1) is 30.8 Å². The van der Waals surface area contributed by atoms with E-state index in [1.54, 1.807) is 6.07 Å². The molecule has 1 aromatic rings. The summed E-state index contributed by atoms with van der Waals surface area (Å²) in [7, 11) is -3.60. The molecule has 0 spiro atoms. The molecule has 1 fully saturated rings. The molecule has 1 unspecified atom stereocenters. The van der Waals surface area contributed by atoms with E-state index in [2.05, 4.69) is 4.72 Å². The third-order valence-electron chi connectivity index (χ3n) is 3.91. The van der Waals surface area contributed by atoms with Crippen molar-refractivity contribution in [3.63, 3.8) is 0 Å². The van der Waals surface area contributed by atoms with Crippen molar-refractivity contribution in [3.05, 3.63) is 18.2 Å². The molecule has 2 rings (SSSR count). The lowest BCUT2D eigenvalue weighted by Gasteiger charge is -2.13. The van der Waals surface area contributed by atoms with E-state index >= 15 is 0 Å². The number of hydrogen-bond donors (Lipinski definition) is 1. The third-order valence-corrected chi connectivity index (χ3v) is 5.37. The van der Waals surface area contributed by atoms with Gasteiger partial charge in [-0.25, -0.2) is 13.1 Å². The first-order valence-corrected chi connectivity index (χ1v) is 10.6. The lowest BCUT2D eigenvalue weighted by atomic mass is 10.2. The Balaban J connectivity index is 1.81. The average molecular weight is 387 g/mol. The first-order chi connectivity index (χ1) is 12.6. The van der Waals surface area contributed by atoms with Gasteiger partial charge in [-0.2, -0.15) is 0 Å². The topological polar surface area (TPSA) is 83.1 Å². The molecule has 0 bridgehead atoms. The zero-order valence-electron chi connectivity index (χ0n) is 15.5. The Morgan fingerprint density at radius 3 is 2.65 bits per heavy atom. The van der Waals surface area contributed by atoms with Gasteiger partial charge in [0.2, 0.25) is 10.0 Å². The molecule has 0 aliphatic carbocycles. The van der Waals surface area contributed by atoms with Gasteiger partial charge in [0.25, 0.3) is 0 Å². The predicted molar refractivity (Wildman–Crippen MR) is 98.4 cm³/mol. The molecular weight excluding hydrogens is 358 g/mol. The molecule has 7 nitrogen and oxygen atoms in total. The van der Waals surface area contributed by atoms with E-state index in [0.29, 0.717) is 50.9 Å². The van der Waals surface area contributed by atoms with Crippen molar-refractivity contribution in [1.82, 2.24) is 4.72 Å². The van der Waals surface area contributed by atoms with E-state index in [9.17, 15) is 8.42 Å². The largest absolute Gasteiger partial charge is 0.490 e. The standard InChI is InChI=1S/C18H29NO6S/c1-3-23-17-9-8-16(13-18(17)24-4-2)26(20,21)19-10-6-11-22-14-15-7-5-12-25-15/h8-9,13,15,19H,3-7,10-12,14H2,1-2H3. The maximum atomic E-state index is 12.4. The molecule has 0 aromatic heterocycles. The van der Waals surface area contributed by atoms with Crippen molar-refractivity contribution in [2.24, 2.45) is 0 Å². The molecule has 1 saturated heterocycles. The van der Waals surface area contributed by atoms with Gasteiger partial charge in [0, 0.05) is 25.8 Å². The van der Waals surface area contributed by atoms with Gasteiger partial charge in [-0.15, -0.1) is 0 Å². The summed E-state index contributed by atoms with van der Waals surface area (Å²) >= 11 is 0. The smallest absolute Gasteiger partial charge is 0.240 e. The Morgan fingerprint density at radius 2 is 1.96 bits per heavy atom. The number of ether oxygens (including phenoxy) is 4. The van der Waals surface area contributed by atoms with Gasteiger partial charge in [0.1, 0.15) is 0 Å². The molecule has 8 heteroatoms. The Bertz CT molecular complexity index is 643. The summed E-state index contributed by atoms with van der Waals surface area (Å²) in [6.07, 6.45) is 2.90. The highest BCUT2D eigenvalue weighted by Gasteiger charge is 2.17. The van der Waals surface area contributed by atoms with Crippen LogP contribution in [0.4, 0.5) is 0 Å². The van der Waals surface area contributed by atoms with Crippen LogP contribution in [0.1, 0.15) is 33.1 Å². The molecule has 1 heterocycles. The summed E-state index contributed by atoms with van der Waals surface area (Å²) in [5, 5.41) is 0. The Kier molecular flexibility index (Phi) is 8.64. The molecule has 0 radical (unpaired) electrons. The summed E-state index contributed by atoms with van der Waals surface area (Å²) in [6.45, 7) is 6.80. The van der Waals surface area contributed by atoms with Crippen LogP contribution in [0.3, 0.4) is 0 Å². The van der Waals surface area contributed by atoms with Crippen LogP contribution in [-0.2, 0) is 19.5 Å². The number of rotatable bonds is 12. The predicted octanol–water partition coefficient (Wildman–Crippen LogP) is 2.35. The molecule has 0 saturated carbocycles. The highest BCUT2D eigenvalue weighted by molar-refractivity contribution is 7.89. The summed E-state index contributed by atoms with van der Waals surface area (Å²) in [5.41, 5.74) is 0. The van der Waals surface area contributed by atoms with Gasteiger partial charge in [-0.1, -0.05) is 0 Å². The van der Waals surface area contributed by atoms with Gasteiger partial charge < -0.3 is 18.9 Å².